The molecule has 2 aromatic rings. The molecular formula is C13H10Cl3NOS. The fourth-order valence-corrected chi connectivity index (χ4v) is 3.65. The molecule has 19 heavy (non-hydrogen) atoms. The van der Waals surface area contributed by atoms with E-state index >= 15 is 0 Å². The summed E-state index contributed by atoms with van der Waals surface area (Å²) in [6.07, 6.45) is 0. The van der Waals surface area contributed by atoms with E-state index in [4.69, 9.17) is 40.5 Å². The Labute approximate surface area is 128 Å². The molecule has 2 nitrogen and oxygen atoms in total. The van der Waals surface area contributed by atoms with Crippen molar-refractivity contribution < 1.29 is 4.21 Å². The third kappa shape index (κ3) is 3.63. The highest BCUT2D eigenvalue weighted by Crippen LogP contribution is 2.27. The minimum Gasteiger partial charge on any atom is -0.399 e. The molecule has 0 bridgehead atoms. The summed E-state index contributed by atoms with van der Waals surface area (Å²) >= 11 is 18.0. The van der Waals surface area contributed by atoms with Gasteiger partial charge in [0, 0.05) is 15.7 Å². The highest BCUT2D eigenvalue weighted by Gasteiger charge is 2.12. The molecule has 0 aliphatic rings. The third-order valence-electron chi connectivity index (χ3n) is 2.50. The second-order valence-electron chi connectivity index (χ2n) is 3.92. The molecule has 1 atom stereocenters. The number of nitrogens with two attached hydrogens (primary N) is 1. The number of halogens is 3. The van der Waals surface area contributed by atoms with Crippen molar-refractivity contribution in [1.29, 1.82) is 0 Å². The number of anilines is 1. The van der Waals surface area contributed by atoms with Crippen molar-refractivity contribution in [2.75, 3.05) is 5.73 Å². The molecule has 0 aliphatic carbocycles. The van der Waals surface area contributed by atoms with Gasteiger partial charge in [0.05, 0.1) is 26.5 Å². The smallest absolute Gasteiger partial charge is 0.0589 e. The van der Waals surface area contributed by atoms with Crippen LogP contribution in [0.25, 0.3) is 0 Å². The largest absolute Gasteiger partial charge is 0.399 e. The number of hydrogen-bond donors (Lipinski definition) is 1. The highest BCUT2D eigenvalue weighted by molar-refractivity contribution is 7.84. The standard InChI is InChI=1S/C13H10Cl3NOS/c14-9-1-3-11(15)8(5-9)7-19(18)13-4-2-10(17)6-12(13)16/h1-6H,7,17H2. The van der Waals surface area contributed by atoms with Crippen molar-refractivity contribution in [3.63, 3.8) is 0 Å². The van der Waals surface area contributed by atoms with E-state index in [0.29, 0.717) is 25.7 Å². The lowest BCUT2D eigenvalue weighted by Crippen LogP contribution is -1.99. The van der Waals surface area contributed by atoms with Gasteiger partial charge in [0.1, 0.15) is 0 Å². The molecule has 0 saturated carbocycles. The van der Waals surface area contributed by atoms with Crippen LogP contribution in [0.5, 0.6) is 0 Å². The zero-order valence-electron chi connectivity index (χ0n) is 9.70. The highest BCUT2D eigenvalue weighted by atomic mass is 35.5. The van der Waals surface area contributed by atoms with Gasteiger partial charge >= 0.3 is 0 Å². The van der Waals surface area contributed by atoms with Crippen LogP contribution in [0, 0.1) is 0 Å². The quantitative estimate of drug-likeness (QED) is 0.838. The molecule has 2 aromatic carbocycles. The zero-order valence-corrected chi connectivity index (χ0v) is 12.8. The number of rotatable bonds is 3. The average Bonchev–Trinajstić information content (AvgIpc) is 2.33. The van der Waals surface area contributed by atoms with E-state index in [-0.39, 0.29) is 5.75 Å². The van der Waals surface area contributed by atoms with Crippen molar-refractivity contribution >= 4 is 51.3 Å². The Hall–Kier alpha value is -0.740. The lowest BCUT2D eigenvalue weighted by Gasteiger charge is -2.07. The first kappa shape index (κ1) is 14.7. The minimum absolute atomic E-state index is 0.253. The Kier molecular flexibility index (Phi) is 4.74. The van der Waals surface area contributed by atoms with Crippen molar-refractivity contribution in [2.24, 2.45) is 0 Å². The summed E-state index contributed by atoms with van der Waals surface area (Å²) in [5.41, 5.74) is 6.86. The minimum atomic E-state index is -1.30. The first-order valence-electron chi connectivity index (χ1n) is 5.34. The Morgan fingerprint density at radius 3 is 2.42 bits per heavy atom. The maximum Gasteiger partial charge on any atom is 0.0589 e. The Balaban J connectivity index is 2.28. The molecule has 0 heterocycles. The van der Waals surface area contributed by atoms with Crippen LogP contribution in [0.4, 0.5) is 5.69 Å². The number of hydrogen-bond acceptors (Lipinski definition) is 2. The van der Waals surface area contributed by atoms with E-state index in [2.05, 4.69) is 0 Å². The van der Waals surface area contributed by atoms with Crippen molar-refractivity contribution in [2.45, 2.75) is 10.6 Å². The first-order valence-corrected chi connectivity index (χ1v) is 7.80. The molecule has 0 spiro atoms. The van der Waals surface area contributed by atoms with Crippen LogP contribution in [0.2, 0.25) is 15.1 Å². The van der Waals surface area contributed by atoms with Crippen LogP contribution >= 0.6 is 34.8 Å². The van der Waals surface area contributed by atoms with Crippen LogP contribution in [0.15, 0.2) is 41.3 Å². The Morgan fingerprint density at radius 1 is 1.00 bits per heavy atom. The molecule has 6 heteroatoms. The zero-order chi connectivity index (χ0) is 14.0. The van der Waals surface area contributed by atoms with Gasteiger partial charge < -0.3 is 5.73 Å². The molecule has 0 amide bonds. The van der Waals surface area contributed by atoms with Crippen molar-refractivity contribution in [3.05, 3.63) is 57.0 Å². The van der Waals surface area contributed by atoms with Gasteiger partial charge in [0.15, 0.2) is 0 Å². The van der Waals surface area contributed by atoms with E-state index in [1.54, 1.807) is 36.4 Å². The van der Waals surface area contributed by atoms with Crippen LogP contribution in [0.3, 0.4) is 0 Å². The van der Waals surface area contributed by atoms with Gasteiger partial charge in [-0.2, -0.15) is 0 Å². The van der Waals surface area contributed by atoms with Gasteiger partial charge in [-0.1, -0.05) is 34.8 Å². The lowest BCUT2D eigenvalue weighted by molar-refractivity contribution is 0.682. The van der Waals surface area contributed by atoms with E-state index in [0.717, 1.165) is 5.56 Å². The van der Waals surface area contributed by atoms with Gasteiger partial charge in [-0.05, 0) is 42.0 Å². The molecule has 100 valence electrons. The van der Waals surface area contributed by atoms with Crippen molar-refractivity contribution in [3.8, 4) is 0 Å². The van der Waals surface area contributed by atoms with Gasteiger partial charge in [0.25, 0.3) is 0 Å². The second-order valence-corrected chi connectivity index (χ2v) is 6.59. The van der Waals surface area contributed by atoms with Gasteiger partial charge in [-0.25, -0.2) is 0 Å². The summed E-state index contributed by atoms with van der Waals surface area (Å²) in [7, 11) is -1.30. The summed E-state index contributed by atoms with van der Waals surface area (Å²) in [4.78, 5) is 0.534. The molecule has 1 unspecified atom stereocenters. The fraction of sp³-hybridized carbons (Fsp3) is 0.0769. The van der Waals surface area contributed by atoms with Crippen LogP contribution in [-0.4, -0.2) is 4.21 Å². The van der Waals surface area contributed by atoms with E-state index in [1.165, 1.54) is 0 Å². The molecular weight excluding hydrogens is 325 g/mol. The normalized spacial score (nSPS) is 12.4. The molecule has 0 aromatic heterocycles. The molecule has 0 fully saturated rings. The van der Waals surface area contributed by atoms with Gasteiger partial charge in [-0.15, -0.1) is 0 Å². The topological polar surface area (TPSA) is 43.1 Å². The molecule has 0 radical (unpaired) electrons. The molecule has 2 rings (SSSR count). The van der Waals surface area contributed by atoms with E-state index in [9.17, 15) is 4.21 Å². The summed E-state index contributed by atoms with van der Waals surface area (Å²) in [6, 6.07) is 9.97. The van der Waals surface area contributed by atoms with Crippen molar-refractivity contribution in [1.82, 2.24) is 0 Å². The van der Waals surface area contributed by atoms with Crippen LogP contribution in [0.1, 0.15) is 5.56 Å². The molecule has 2 N–H and O–H groups in total. The van der Waals surface area contributed by atoms with Crippen LogP contribution < -0.4 is 5.73 Å². The Morgan fingerprint density at radius 2 is 1.74 bits per heavy atom. The molecule has 0 saturated heterocycles. The van der Waals surface area contributed by atoms with Gasteiger partial charge in [0.2, 0.25) is 0 Å². The summed E-state index contributed by atoms with van der Waals surface area (Å²) in [6.45, 7) is 0. The predicted octanol–water partition coefficient (Wildman–Crippen LogP) is 4.54. The maximum atomic E-state index is 12.3. The van der Waals surface area contributed by atoms with E-state index < -0.39 is 10.8 Å². The summed E-state index contributed by atoms with van der Waals surface area (Å²) in [5, 5.41) is 1.47. The maximum absolute atomic E-state index is 12.3. The van der Waals surface area contributed by atoms with Gasteiger partial charge in [-0.3, -0.25) is 4.21 Å². The van der Waals surface area contributed by atoms with E-state index in [1.807, 2.05) is 0 Å². The fourth-order valence-electron chi connectivity index (χ4n) is 1.57. The third-order valence-corrected chi connectivity index (χ3v) is 4.94. The summed E-state index contributed by atoms with van der Waals surface area (Å²) < 4.78 is 12.3. The lowest BCUT2D eigenvalue weighted by atomic mass is 10.2. The summed E-state index contributed by atoms with van der Waals surface area (Å²) in [5.74, 6) is 0.253. The number of nitrogen functional groups attached to an aromatic ring is 1. The first-order chi connectivity index (χ1) is 8.97. The SMILES string of the molecule is Nc1ccc(S(=O)Cc2cc(Cl)ccc2Cl)c(Cl)c1. The second kappa shape index (κ2) is 6.14. The van der Waals surface area contributed by atoms with Crippen LogP contribution in [-0.2, 0) is 16.6 Å². The monoisotopic (exact) mass is 333 g/mol. The average molecular weight is 335 g/mol. The number of benzene rings is 2. The molecule has 0 aliphatic heterocycles. The Bertz CT molecular complexity index is 646. The predicted molar refractivity (Wildman–Crippen MR) is 82.4 cm³/mol.